The summed E-state index contributed by atoms with van der Waals surface area (Å²) < 4.78 is 12.1. The highest BCUT2D eigenvalue weighted by atomic mass is 16.5. The van der Waals surface area contributed by atoms with Gasteiger partial charge < -0.3 is 25.5 Å². The Bertz CT molecular complexity index is 1120. The Kier molecular flexibility index (Phi) is 6.69. The molecule has 30 heavy (non-hydrogen) atoms. The molecule has 0 saturated heterocycles. The Hall–Kier alpha value is -3.81. The van der Waals surface area contributed by atoms with Crippen molar-refractivity contribution in [2.75, 3.05) is 20.3 Å². The molecule has 4 N–H and O–H groups in total. The van der Waals surface area contributed by atoms with Crippen LogP contribution in [-0.4, -0.2) is 36.8 Å². The van der Waals surface area contributed by atoms with Crippen LogP contribution in [0.5, 0.6) is 5.75 Å². The van der Waals surface area contributed by atoms with E-state index < -0.39 is 5.97 Å². The second-order valence-corrected chi connectivity index (χ2v) is 6.68. The fraction of sp³-hybridized carbons (Fsp3) is 0.227. The zero-order valence-electron chi connectivity index (χ0n) is 16.7. The monoisotopic (exact) mass is 408 g/mol. The lowest BCUT2D eigenvalue weighted by Crippen LogP contribution is -2.26. The summed E-state index contributed by atoms with van der Waals surface area (Å²) in [4.78, 5) is 28.8. The van der Waals surface area contributed by atoms with Crippen LogP contribution in [0.3, 0.4) is 0 Å². The van der Waals surface area contributed by atoms with Crippen LogP contribution in [0.4, 0.5) is 0 Å². The number of rotatable bonds is 8. The van der Waals surface area contributed by atoms with Crippen molar-refractivity contribution in [2.24, 2.45) is 16.5 Å². The number of nitrogens with two attached hydrogens (primary N) is 2. The summed E-state index contributed by atoms with van der Waals surface area (Å²) in [6.07, 6.45) is -0.0865. The second-order valence-electron chi connectivity index (χ2n) is 6.68. The van der Waals surface area contributed by atoms with E-state index in [0.717, 1.165) is 10.9 Å². The molecule has 8 nitrogen and oxygen atoms in total. The number of methoxy groups -OCH3 is 1. The lowest BCUT2D eigenvalue weighted by Gasteiger charge is -2.14. The molecule has 0 amide bonds. The number of carbonyl (C=O) groups excluding carboxylic acids is 1. The van der Waals surface area contributed by atoms with Gasteiger partial charge in [0.1, 0.15) is 12.4 Å². The molecule has 0 aliphatic heterocycles. The third-order valence-electron chi connectivity index (χ3n) is 4.54. The number of aromatic nitrogens is 1. The van der Waals surface area contributed by atoms with Gasteiger partial charge in [0.25, 0.3) is 5.56 Å². The Morgan fingerprint density at radius 3 is 2.57 bits per heavy atom. The van der Waals surface area contributed by atoms with Crippen LogP contribution < -0.4 is 21.8 Å². The number of nitrogens with zero attached hydrogens (tertiary/aromatic N) is 2. The highest BCUT2D eigenvalue weighted by Gasteiger charge is 2.14. The predicted molar refractivity (Wildman–Crippen MR) is 116 cm³/mol. The lowest BCUT2D eigenvalue weighted by molar-refractivity contribution is -0.139. The maximum atomic E-state index is 13.2. The van der Waals surface area contributed by atoms with Crippen molar-refractivity contribution >= 4 is 22.8 Å². The number of benzene rings is 2. The molecule has 3 aromatic rings. The number of pyridine rings is 1. The summed E-state index contributed by atoms with van der Waals surface area (Å²) in [5.74, 6) is 0.138. The first-order chi connectivity index (χ1) is 14.5. The SMILES string of the molecule is COC(=O)Cc1cc2ccc(OCCN=C(N)N)cc2n(Cc2ccccc2)c1=O. The highest BCUT2D eigenvalue weighted by molar-refractivity contribution is 5.83. The normalized spacial score (nSPS) is 10.6. The molecule has 0 aliphatic carbocycles. The molecule has 8 heteroatoms. The van der Waals surface area contributed by atoms with Crippen LogP contribution in [0.1, 0.15) is 11.1 Å². The van der Waals surface area contributed by atoms with Crippen molar-refractivity contribution in [3.05, 3.63) is 76.1 Å². The number of fused-ring (bicyclic) bond motifs is 1. The van der Waals surface area contributed by atoms with E-state index in [4.69, 9.17) is 20.9 Å². The maximum absolute atomic E-state index is 13.2. The van der Waals surface area contributed by atoms with Crippen LogP contribution >= 0.6 is 0 Å². The van der Waals surface area contributed by atoms with Gasteiger partial charge in [-0.05, 0) is 29.1 Å². The van der Waals surface area contributed by atoms with Crippen molar-refractivity contribution in [3.63, 3.8) is 0 Å². The maximum Gasteiger partial charge on any atom is 0.310 e. The van der Waals surface area contributed by atoms with Gasteiger partial charge in [0.15, 0.2) is 5.96 Å². The molecule has 156 valence electrons. The van der Waals surface area contributed by atoms with Gasteiger partial charge in [0.05, 0.1) is 32.1 Å². The highest BCUT2D eigenvalue weighted by Crippen LogP contribution is 2.22. The molecule has 1 heterocycles. The first kappa shape index (κ1) is 20.9. The smallest absolute Gasteiger partial charge is 0.310 e. The van der Waals surface area contributed by atoms with Gasteiger partial charge in [0, 0.05) is 11.6 Å². The van der Waals surface area contributed by atoms with Gasteiger partial charge in [-0.1, -0.05) is 30.3 Å². The van der Waals surface area contributed by atoms with Crippen molar-refractivity contribution in [1.29, 1.82) is 0 Å². The van der Waals surface area contributed by atoms with Crippen molar-refractivity contribution < 1.29 is 14.3 Å². The third kappa shape index (κ3) is 5.16. The summed E-state index contributed by atoms with van der Waals surface area (Å²) in [6.45, 7) is 0.991. The number of guanidine groups is 1. The minimum atomic E-state index is -0.461. The molecular formula is C22H24N4O4. The zero-order valence-corrected chi connectivity index (χ0v) is 16.7. The fourth-order valence-corrected chi connectivity index (χ4v) is 3.12. The minimum Gasteiger partial charge on any atom is -0.492 e. The van der Waals surface area contributed by atoms with Crippen LogP contribution in [0.2, 0.25) is 0 Å². The average molecular weight is 408 g/mol. The van der Waals surface area contributed by atoms with Gasteiger partial charge >= 0.3 is 5.97 Å². The van der Waals surface area contributed by atoms with Crippen molar-refractivity contribution in [2.45, 2.75) is 13.0 Å². The molecule has 2 aromatic carbocycles. The predicted octanol–water partition coefficient (Wildman–Crippen LogP) is 1.42. The number of ether oxygens (including phenoxy) is 2. The van der Waals surface area contributed by atoms with E-state index >= 15 is 0 Å². The summed E-state index contributed by atoms with van der Waals surface area (Å²) in [6, 6.07) is 16.8. The van der Waals surface area contributed by atoms with Crippen LogP contribution in [0.25, 0.3) is 10.9 Å². The zero-order chi connectivity index (χ0) is 21.5. The quantitative estimate of drug-likeness (QED) is 0.252. The lowest BCUT2D eigenvalue weighted by atomic mass is 10.1. The van der Waals surface area contributed by atoms with Crippen LogP contribution in [-0.2, 0) is 22.5 Å². The molecule has 0 fully saturated rings. The van der Waals surface area contributed by atoms with Gasteiger partial charge in [-0.3, -0.25) is 14.6 Å². The van der Waals surface area contributed by atoms with Crippen LogP contribution in [0, 0.1) is 0 Å². The summed E-state index contributed by atoms with van der Waals surface area (Å²) in [5.41, 5.74) is 12.4. The molecular weight excluding hydrogens is 384 g/mol. The average Bonchev–Trinajstić information content (AvgIpc) is 2.74. The third-order valence-corrected chi connectivity index (χ3v) is 4.54. The van der Waals surface area contributed by atoms with E-state index in [0.29, 0.717) is 36.5 Å². The Labute approximate surface area is 173 Å². The van der Waals surface area contributed by atoms with Crippen LogP contribution in [0.15, 0.2) is 64.4 Å². The Morgan fingerprint density at radius 1 is 1.10 bits per heavy atom. The fourth-order valence-electron chi connectivity index (χ4n) is 3.12. The van der Waals surface area contributed by atoms with E-state index in [9.17, 15) is 9.59 Å². The first-order valence-electron chi connectivity index (χ1n) is 9.43. The van der Waals surface area contributed by atoms with E-state index in [-0.39, 0.29) is 17.9 Å². The number of aliphatic imine (C=N–C) groups is 1. The molecule has 1 aromatic heterocycles. The van der Waals surface area contributed by atoms with Gasteiger partial charge in [-0.25, -0.2) is 0 Å². The molecule has 0 atom stereocenters. The van der Waals surface area contributed by atoms with E-state index in [1.54, 1.807) is 22.8 Å². The Morgan fingerprint density at radius 2 is 1.87 bits per heavy atom. The van der Waals surface area contributed by atoms with Crippen molar-refractivity contribution in [1.82, 2.24) is 4.57 Å². The summed E-state index contributed by atoms with van der Waals surface area (Å²) >= 11 is 0. The minimum absolute atomic E-state index is 0.00643. The summed E-state index contributed by atoms with van der Waals surface area (Å²) in [5, 5.41) is 0.820. The molecule has 0 spiro atoms. The Balaban J connectivity index is 2.02. The standard InChI is InChI=1S/C22H24N4O4/c1-29-20(27)12-17-11-16-7-8-18(30-10-9-25-22(23)24)13-19(16)26(21(17)28)14-15-5-3-2-4-6-15/h2-8,11,13H,9-10,12,14H2,1H3,(H4,23,24,25). The molecule has 0 saturated carbocycles. The van der Waals surface area contributed by atoms with Gasteiger partial charge in [0.2, 0.25) is 0 Å². The molecule has 0 bridgehead atoms. The van der Waals surface area contributed by atoms with E-state index in [2.05, 4.69) is 4.99 Å². The molecule has 0 radical (unpaired) electrons. The number of carbonyl (C=O) groups is 1. The second kappa shape index (κ2) is 9.60. The first-order valence-corrected chi connectivity index (χ1v) is 9.43. The number of esters is 1. The number of hydrogen-bond acceptors (Lipinski definition) is 5. The topological polar surface area (TPSA) is 122 Å². The van der Waals surface area contributed by atoms with E-state index in [1.165, 1.54) is 7.11 Å². The number of hydrogen-bond donors (Lipinski definition) is 2. The summed E-state index contributed by atoms with van der Waals surface area (Å²) in [7, 11) is 1.30. The molecule has 0 aliphatic rings. The molecule has 3 rings (SSSR count). The van der Waals surface area contributed by atoms with E-state index in [1.807, 2.05) is 36.4 Å². The molecule has 0 unspecified atom stereocenters. The largest absolute Gasteiger partial charge is 0.492 e. The van der Waals surface area contributed by atoms with Gasteiger partial charge in [-0.15, -0.1) is 0 Å². The van der Waals surface area contributed by atoms with Crippen molar-refractivity contribution in [3.8, 4) is 5.75 Å². The van der Waals surface area contributed by atoms with Gasteiger partial charge in [-0.2, -0.15) is 0 Å².